The molecule has 0 aliphatic carbocycles. The Kier molecular flexibility index (Phi) is 12.9. The van der Waals surface area contributed by atoms with Crippen LogP contribution in [0.1, 0.15) is 37.4 Å². The smallest absolute Gasteiger partial charge is 0.408 e. The van der Waals surface area contributed by atoms with Crippen LogP contribution in [-0.4, -0.2) is 55.6 Å². The Hall–Kier alpha value is -4.67. The molecule has 11 nitrogen and oxygen atoms in total. The van der Waals surface area contributed by atoms with Crippen molar-refractivity contribution in [3.63, 3.8) is 0 Å². The molecule has 0 spiro atoms. The highest BCUT2D eigenvalue weighted by Crippen LogP contribution is 2.16. The molecule has 3 amide bonds. The van der Waals surface area contributed by atoms with Gasteiger partial charge < -0.3 is 30.2 Å². The minimum Gasteiger partial charge on any atom is -0.469 e. The number of hydrogen-bond acceptors (Lipinski definition) is 8. The van der Waals surface area contributed by atoms with Crippen molar-refractivity contribution in [1.82, 2.24) is 16.0 Å². The Balaban J connectivity index is 2.22. The first-order valence-electron chi connectivity index (χ1n) is 12.6. The van der Waals surface area contributed by atoms with Crippen molar-refractivity contribution in [2.45, 2.75) is 45.0 Å². The molecule has 11 heteroatoms. The van der Waals surface area contributed by atoms with E-state index in [1.165, 1.54) is 6.08 Å². The van der Waals surface area contributed by atoms with E-state index in [1.807, 2.05) is 6.07 Å². The van der Waals surface area contributed by atoms with E-state index in [2.05, 4.69) is 27.3 Å². The Morgan fingerprint density at radius 1 is 0.850 bits per heavy atom. The van der Waals surface area contributed by atoms with Crippen LogP contribution in [0.25, 0.3) is 0 Å². The number of methoxy groups -OCH3 is 1. The van der Waals surface area contributed by atoms with Crippen molar-refractivity contribution >= 4 is 29.8 Å². The lowest BCUT2D eigenvalue weighted by Gasteiger charge is -2.26. The predicted octanol–water partition coefficient (Wildman–Crippen LogP) is 2.57. The van der Waals surface area contributed by atoms with Gasteiger partial charge in [-0.3, -0.25) is 14.4 Å². The summed E-state index contributed by atoms with van der Waals surface area (Å²) in [4.78, 5) is 63.7. The molecule has 0 bridgehead atoms. The molecule has 3 atom stereocenters. The number of nitrogens with one attached hydrogen (secondary N) is 3. The number of carbonyl (C=O) groups excluding carboxylic acids is 5. The summed E-state index contributed by atoms with van der Waals surface area (Å²) in [7, 11) is 1.14. The maximum absolute atomic E-state index is 13.4. The summed E-state index contributed by atoms with van der Waals surface area (Å²) in [5, 5.41) is 7.56. The van der Waals surface area contributed by atoms with Crippen LogP contribution in [0.15, 0.2) is 73.3 Å². The Labute approximate surface area is 233 Å². The number of ether oxygens (including phenoxy) is 3. The molecule has 0 aliphatic rings. The molecular formula is C29H35N3O8. The first kappa shape index (κ1) is 31.5. The second-order valence-electron chi connectivity index (χ2n) is 9.04. The van der Waals surface area contributed by atoms with Gasteiger partial charge in [-0.15, -0.1) is 0 Å². The molecule has 0 saturated carbocycles. The van der Waals surface area contributed by atoms with Gasteiger partial charge in [0.25, 0.3) is 0 Å². The highest BCUT2D eigenvalue weighted by molar-refractivity contribution is 5.95. The fraction of sp³-hybridized carbons (Fsp3) is 0.345. The average Bonchev–Trinajstić information content (AvgIpc) is 2.96. The largest absolute Gasteiger partial charge is 0.469 e. The van der Waals surface area contributed by atoms with Crippen LogP contribution in [0.5, 0.6) is 0 Å². The SMILES string of the molecule is C=CCOC(=O)C(NC(=O)C(NC(=O)C(CC(=O)OC)NC(=O)OCc1ccccc1)c1ccccc1)C(C)C. The van der Waals surface area contributed by atoms with Crippen molar-refractivity contribution in [2.24, 2.45) is 5.92 Å². The standard InChI is InChI=1S/C29H35N3O8/c1-5-16-39-28(36)24(19(2)3)31-27(35)25(21-14-10-7-11-15-21)32-26(34)22(17-23(33)38-4)30-29(37)40-18-20-12-8-6-9-13-20/h5-15,19,22,24-25H,1,16-18H2,2-4H3,(H,30,37)(H,31,35)(H,32,34). The van der Waals surface area contributed by atoms with E-state index in [1.54, 1.807) is 68.4 Å². The Morgan fingerprint density at radius 2 is 1.48 bits per heavy atom. The van der Waals surface area contributed by atoms with E-state index in [0.717, 1.165) is 12.7 Å². The highest BCUT2D eigenvalue weighted by atomic mass is 16.5. The first-order valence-corrected chi connectivity index (χ1v) is 12.6. The zero-order valence-corrected chi connectivity index (χ0v) is 22.8. The van der Waals surface area contributed by atoms with Crippen LogP contribution in [0.2, 0.25) is 0 Å². The van der Waals surface area contributed by atoms with Crippen molar-refractivity contribution < 1.29 is 38.2 Å². The van der Waals surface area contributed by atoms with Crippen LogP contribution in [-0.2, 0) is 40.0 Å². The molecule has 0 aromatic heterocycles. The lowest BCUT2D eigenvalue weighted by Crippen LogP contribution is -2.53. The number of esters is 2. The molecule has 0 aliphatic heterocycles. The summed E-state index contributed by atoms with van der Waals surface area (Å²) in [6.07, 6.45) is -0.0592. The molecule has 3 N–H and O–H groups in total. The summed E-state index contributed by atoms with van der Waals surface area (Å²) in [5.74, 6) is -3.30. The lowest BCUT2D eigenvalue weighted by atomic mass is 10.0. The molecule has 214 valence electrons. The zero-order valence-electron chi connectivity index (χ0n) is 22.8. The van der Waals surface area contributed by atoms with Crippen LogP contribution in [0.3, 0.4) is 0 Å². The minimum atomic E-state index is -1.42. The molecule has 0 saturated heterocycles. The lowest BCUT2D eigenvalue weighted by molar-refractivity contribution is -0.148. The maximum atomic E-state index is 13.4. The molecule has 3 unspecified atom stereocenters. The van der Waals surface area contributed by atoms with E-state index in [0.29, 0.717) is 5.56 Å². The van der Waals surface area contributed by atoms with Gasteiger partial charge in [-0.2, -0.15) is 0 Å². The summed E-state index contributed by atoms with van der Waals surface area (Å²) in [5.41, 5.74) is 1.12. The van der Waals surface area contributed by atoms with Crippen molar-refractivity contribution in [2.75, 3.05) is 13.7 Å². The number of carbonyl (C=O) groups is 5. The van der Waals surface area contributed by atoms with Crippen LogP contribution >= 0.6 is 0 Å². The highest BCUT2D eigenvalue weighted by Gasteiger charge is 2.33. The van der Waals surface area contributed by atoms with Gasteiger partial charge in [-0.05, 0) is 17.0 Å². The molecule has 40 heavy (non-hydrogen) atoms. The van der Waals surface area contributed by atoms with Gasteiger partial charge in [0, 0.05) is 0 Å². The fourth-order valence-corrected chi connectivity index (χ4v) is 3.52. The first-order chi connectivity index (χ1) is 19.2. The van der Waals surface area contributed by atoms with Crippen molar-refractivity contribution in [3.8, 4) is 0 Å². The second kappa shape index (κ2) is 16.3. The van der Waals surface area contributed by atoms with Crippen LogP contribution < -0.4 is 16.0 Å². The molecule has 2 aromatic carbocycles. The normalized spacial score (nSPS) is 12.7. The number of hydrogen-bond donors (Lipinski definition) is 3. The third kappa shape index (κ3) is 10.2. The molecule has 0 fully saturated rings. The minimum absolute atomic E-state index is 0.0297. The van der Waals surface area contributed by atoms with Crippen LogP contribution in [0, 0.1) is 5.92 Å². The Bertz CT molecular complexity index is 1150. The number of amides is 3. The molecule has 0 radical (unpaired) electrons. The summed E-state index contributed by atoms with van der Waals surface area (Å²) in [6, 6.07) is 13.5. The molecule has 0 heterocycles. The van der Waals surface area contributed by atoms with E-state index in [9.17, 15) is 24.0 Å². The van der Waals surface area contributed by atoms with E-state index < -0.39 is 54.4 Å². The van der Waals surface area contributed by atoms with Gasteiger partial charge in [0.1, 0.15) is 31.3 Å². The monoisotopic (exact) mass is 553 g/mol. The number of alkyl carbamates (subject to hydrolysis) is 1. The molecular weight excluding hydrogens is 518 g/mol. The Morgan fingerprint density at radius 3 is 2.05 bits per heavy atom. The third-order valence-electron chi connectivity index (χ3n) is 5.66. The van der Waals surface area contributed by atoms with Crippen LogP contribution in [0.4, 0.5) is 4.79 Å². The molecule has 2 aromatic rings. The van der Waals surface area contributed by atoms with Gasteiger partial charge >= 0.3 is 18.0 Å². The zero-order chi connectivity index (χ0) is 29.5. The van der Waals surface area contributed by atoms with Crippen molar-refractivity contribution in [1.29, 1.82) is 0 Å². The molecule has 2 rings (SSSR count). The average molecular weight is 554 g/mol. The maximum Gasteiger partial charge on any atom is 0.408 e. The predicted molar refractivity (Wildman–Crippen MR) is 145 cm³/mol. The summed E-state index contributed by atoms with van der Waals surface area (Å²) in [6.45, 7) is 6.87. The van der Waals surface area contributed by atoms with Gasteiger partial charge in [-0.25, -0.2) is 9.59 Å². The number of benzene rings is 2. The van der Waals surface area contributed by atoms with Gasteiger partial charge in [0.2, 0.25) is 11.8 Å². The second-order valence-corrected chi connectivity index (χ2v) is 9.04. The number of rotatable bonds is 14. The quantitative estimate of drug-likeness (QED) is 0.184. The summed E-state index contributed by atoms with van der Waals surface area (Å²) < 4.78 is 14.9. The van der Waals surface area contributed by atoms with E-state index in [4.69, 9.17) is 9.47 Å². The topological polar surface area (TPSA) is 149 Å². The van der Waals surface area contributed by atoms with Gasteiger partial charge in [-0.1, -0.05) is 87.2 Å². The third-order valence-corrected chi connectivity index (χ3v) is 5.66. The van der Waals surface area contributed by atoms with Crippen molar-refractivity contribution in [3.05, 3.63) is 84.4 Å². The van der Waals surface area contributed by atoms with E-state index in [-0.39, 0.29) is 19.1 Å². The fourth-order valence-electron chi connectivity index (χ4n) is 3.52. The van der Waals surface area contributed by atoms with E-state index >= 15 is 0 Å². The summed E-state index contributed by atoms with van der Waals surface area (Å²) >= 11 is 0. The van der Waals surface area contributed by atoms with Gasteiger partial charge in [0.05, 0.1) is 13.5 Å². The van der Waals surface area contributed by atoms with Gasteiger partial charge in [0.15, 0.2) is 0 Å².